The quantitative estimate of drug-likeness (QED) is 0.480. The Balaban J connectivity index is 1.50. The van der Waals surface area contributed by atoms with Gasteiger partial charge in [-0.1, -0.05) is 12.2 Å². The summed E-state index contributed by atoms with van der Waals surface area (Å²) in [5.41, 5.74) is 0.130. The molecule has 8 aliphatic carbocycles. The number of rotatable bonds is 2. The van der Waals surface area contributed by atoms with Crippen molar-refractivity contribution in [3.8, 4) is 0 Å². The summed E-state index contributed by atoms with van der Waals surface area (Å²) in [5, 5.41) is 0. The zero-order valence-corrected chi connectivity index (χ0v) is 18.4. The molecule has 0 amide bonds. The molecule has 0 aromatic carbocycles. The first-order valence-corrected chi connectivity index (χ1v) is 12.9. The highest BCUT2D eigenvalue weighted by Gasteiger charge is 3.02. The van der Waals surface area contributed by atoms with Crippen molar-refractivity contribution in [2.45, 2.75) is 10.5 Å². The van der Waals surface area contributed by atoms with Crippen LogP contribution in [0.4, 0.5) is 0 Å². The summed E-state index contributed by atoms with van der Waals surface area (Å²) >= 11 is 4.15. The Morgan fingerprint density at radius 1 is 0.933 bits per heavy atom. The van der Waals surface area contributed by atoms with Crippen LogP contribution < -0.4 is 0 Å². The van der Waals surface area contributed by atoms with Gasteiger partial charge in [-0.25, -0.2) is 9.59 Å². The topological polar surface area (TPSA) is 69.7 Å². The normalized spacial score (nSPS) is 55.6. The molecule has 0 aromatic heterocycles. The molecule has 0 radical (unpaired) electrons. The maximum absolute atomic E-state index is 14.2. The first kappa shape index (κ1) is 17.4. The van der Waals surface area contributed by atoms with Crippen LogP contribution in [0.15, 0.2) is 23.3 Å². The minimum atomic E-state index is -0.514. The summed E-state index contributed by atoms with van der Waals surface area (Å²) in [4.78, 5) is 40.4. The Morgan fingerprint density at radius 2 is 1.57 bits per heavy atom. The fraction of sp³-hybridized carbons (Fsp3) is 0.696. The van der Waals surface area contributed by atoms with Gasteiger partial charge in [-0.3, -0.25) is 4.79 Å². The second-order valence-corrected chi connectivity index (χ2v) is 13.2. The molecule has 6 fully saturated rings. The van der Waals surface area contributed by atoms with Crippen LogP contribution in [-0.4, -0.2) is 47.5 Å². The van der Waals surface area contributed by atoms with Crippen LogP contribution in [0.25, 0.3) is 0 Å². The third-order valence-corrected chi connectivity index (χ3v) is 14.4. The van der Waals surface area contributed by atoms with Crippen LogP contribution in [0, 0.1) is 58.2 Å². The van der Waals surface area contributed by atoms with E-state index in [1.54, 1.807) is 0 Å². The van der Waals surface area contributed by atoms with Gasteiger partial charge in [0.05, 0.1) is 34.9 Å². The van der Waals surface area contributed by atoms with Gasteiger partial charge >= 0.3 is 11.9 Å². The molecule has 7 heteroatoms. The first-order valence-electron chi connectivity index (χ1n) is 10.9. The molecule has 9 rings (SSSR count). The van der Waals surface area contributed by atoms with Gasteiger partial charge in [-0.2, -0.15) is 0 Å². The molecular formula is C23H22O5S2. The number of carbonyl (C=O) groups excluding carboxylic acids is 3. The van der Waals surface area contributed by atoms with Crippen molar-refractivity contribution in [3.63, 3.8) is 0 Å². The first-order chi connectivity index (χ1) is 14.5. The summed E-state index contributed by atoms with van der Waals surface area (Å²) in [7, 11) is 2.75. The van der Waals surface area contributed by atoms with E-state index in [0.717, 1.165) is 11.5 Å². The van der Waals surface area contributed by atoms with Crippen LogP contribution in [0.5, 0.6) is 0 Å². The highest BCUT2D eigenvalue weighted by molar-refractivity contribution is 8.21. The maximum atomic E-state index is 14.2. The van der Waals surface area contributed by atoms with Crippen LogP contribution in [0.3, 0.4) is 0 Å². The van der Waals surface area contributed by atoms with E-state index in [0.29, 0.717) is 46.5 Å². The van der Waals surface area contributed by atoms with Crippen LogP contribution in [0.2, 0.25) is 0 Å². The van der Waals surface area contributed by atoms with E-state index < -0.39 is 17.4 Å². The van der Waals surface area contributed by atoms with Crippen LogP contribution in [0.1, 0.15) is 6.42 Å². The van der Waals surface area contributed by atoms with E-state index in [1.807, 2.05) is 0 Å². The second kappa shape index (κ2) is 4.75. The van der Waals surface area contributed by atoms with Crippen molar-refractivity contribution in [3.05, 3.63) is 23.3 Å². The van der Waals surface area contributed by atoms with E-state index in [-0.39, 0.29) is 27.2 Å². The predicted molar refractivity (Wildman–Crippen MR) is 110 cm³/mol. The number of thioether (sulfide) groups is 2. The van der Waals surface area contributed by atoms with Crippen molar-refractivity contribution in [1.82, 2.24) is 0 Å². The van der Waals surface area contributed by atoms with Crippen LogP contribution >= 0.6 is 23.5 Å². The predicted octanol–water partition coefficient (Wildman–Crippen LogP) is 2.32. The summed E-state index contributed by atoms with van der Waals surface area (Å²) < 4.78 is 10.4. The molecule has 10 atom stereocenters. The number of carbonyl (C=O) groups is 3. The Hall–Kier alpha value is -1.21. The van der Waals surface area contributed by atoms with Gasteiger partial charge in [0.1, 0.15) is 5.78 Å². The number of hydrogen-bond acceptors (Lipinski definition) is 7. The third-order valence-electron chi connectivity index (χ3n) is 10.5. The van der Waals surface area contributed by atoms with E-state index in [2.05, 4.69) is 35.7 Å². The Morgan fingerprint density at radius 3 is 2.23 bits per heavy atom. The zero-order chi connectivity index (χ0) is 20.4. The van der Waals surface area contributed by atoms with Gasteiger partial charge in [0, 0.05) is 34.7 Å². The number of methoxy groups -OCH3 is 2. The lowest BCUT2D eigenvalue weighted by Gasteiger charge is -2.76. The van der Waals surface area contributed by atoms with E-state index in [9.17, 15) is 14.4 Å². The fourth-order valence-electron chi connectivity index (χ4n) is 10.8. The van der Waals surface area contributed by atoms with Crippen molar-refractivity contribution < 1.29 is 23.9 Å². The fourth-order valence-corrected chi connectivity index (χ4v) is 15.3. The molecule has 0 N–H and O–H groups in total. The molecule has 9 aliphatic rings. The number of esters is 2. The standard InChI is InChI=1S/C23H22O5S2/c1-27-19(25)13-10-3-4-11(14(13)20(26)28-2)22-17-9-7-8-12(18(24)21(10,22)16(8)17)15(9)23(22)29-5-6-30-23/h3-4,8-12,15-17H,5-7H2,1-2H3/t8-,9+,10-,11+,12-,15-,16+,17-,21+,22+/m1/s1. The molecule has 30 heavy (non-hydrogen) atoms. The number of allylic oxidation sites excluding steroid dienone is 2. The molecule has 156 valence electrons. The molecule has 3 spiro atoms. The number of Topliss-reactive ketones (excluding diaryl/α,β-unsaturated/α-hetero) is 1. The molecule has 5 saturated carbocycles. The molecule has 1 heterocycles. The van der Waals surface area contributed by atoms with E-state index in [4.69, 9.17) is 9.47 Å². The molecule has 1 saturated heterocycles. The zero-order valence-electron chi connectivity index (χ0n) is 16.8. The molecule has 5 nitrogen and oxygen atoms in total. The monoisotopic (exact) mass is 442 g/mol. The van der Waals surface area contributed by atoms with E-state index in [1.165, 1.54) is 20.6 Å². The summed E-state index contributed by atoms with van der Waals surface area (Å²) in [6.45, 7) is 0. The Labute approximate surface area is 182 Å². The minimum absolute atomic E-state index is 0.00272. The van der Waals surface area contributed by atoms with E-state index >= 15 is 0 Å². The smallest absolute Gasteiger partial charge is 0.334 e. The lowest BCUT2D eigenvalue weighted by molar-refractivity contribution is -0.222. The van der Waals surface area contributed by atoms with Gasteiger partial charge in [-0.15, -0.1) is 23.5 Å². The minimum Gasteiger partial charge on any atom is -0.466 e. The Kier molecular flexibility index (Phi) is 2.75. The van der Waals surface area contributed by atoms with Gasteiger partial charge < -0.3 is 9.47 Å². The number of ether oxygens (including phenoxy) is 2. The van der Waals surface area contributed by atoms with Gasteiger partial charge in [0.2, 0.25) is 0 Å². The lowest BCUT2D eigenvalue weighted by atomic mass is 9.28. The highest BCUT2D eigenvalue weighted by Crippen LogP contribution is 3.01. The maximum Gasteiger partial charge on any atom is 0.334 e. The largest absolute Gasteiger partial charge is 0.466 e. The molecule has 0 aromatic rings. The number of ketones is 1. The summed E-state index contributed by atoms with van der Waals surface area (Å²) in [6.07, 6.45) is 5.40. The van der Waals surface area contributed by atoms with Gasteiger partial charge in [-0.05, 0) is 36.0 Å². The SMILES string of the molecule is COC(=O)C1=C(C(=O)OC)[C@@H]2C=C[C@H]1[C@]13C(=O)[C@@H]4[C@H]5C[C@H]6[C@H]4C4(SCCS4)[C@]21[C@H]6[C@H]53. The van der Waals surface area contributed by atoms with Crippen molar-refractivity contribution in [2.24, 2.45) is 58.2 Å². The molecule has 4 bridgehead atoms. The average molecular weight is 443 g/mol. The molecule has 1 aliphatic heterocycles. The second-order valence-electron chi connectivity index (χ2n) is 10.3. The van der Waals surface area contributed by atoms with Crippen molar-refractivity contribution in [1.29, 1.82) is 0 Å². The van der Waals surface area contributed by atoms with Gasteiger partial charge in [0.25, 0.3) is 0 Å². The molecule has 0 unspecified atom stereocenters. The van der Waals surface area contributed by atoms with Crippen molar-refractivity contribution in [2.75, 3.05) is 25.7 Å². The number of hydrogen-bond donors (Lipinski definition) is 0. The molecular weight excluding hydrogens is 420 g/mol. The third kappa shape index (κ3) is 1.18. The Bertz CT molecular complexity index is 1060. The number of fused-ring (bicyclic) bond motifs is 2. The van der Waals surface area contributed by atoms with Crippen LogP contribution in [-0.2, 0) is 23.9 Å². The lowest BCUT2D eigenvalue weighted by Crippen LogP contribution is -2.79. The average Bonchev–Trinajstić information content (AvgIpc) is 3.47. The highest BCUT2D eigenvalue weighted by atomic mass is 32.2. The van der Waals surface area contributed by atoms with Gasteiger partial charge in [0.15, 0.2) is 0 Å². The van der Waals surface area contributed by atoms with Crippen molar-refractivity contribution >= 4 is 41.2 Å². The summed E-state index contributed by atoms with van der Waals surface area (Å²) in [6, 6.07) is 0. The summed E-state index contributed by atoms with van der Waals surface area (Å²) in [5.74, 6) is 3.75.